The van der Waals surface area contributed by atoms with Crippen molar-refractivity contribution in [3.8, 4) is 11.4 Å². The number of carbonyl (C=O) groups excluding carboxylic acids is 1. The van der Waals surface area contributed by atoms with Crippen molar-refractivity contribution in [2.24, 2.45) is 0 Å². The number of nitrogens with zero attached hydrogens (tertiary/aromatic N) is 7. The fraction of sp³-hybridized carbons (Fsp3) is 0.333. The molecule has 9 heteroatoms. The van der Waals surface area contributed by atoms with E-state index in [4.69, 9.17) is 0 Å². The van der Waals surface area contributed by atoms with Crippen LogP contribution in [0, 0.1) is 5.82 Å². The molecule has 1 saturated heterocycles. The molecule has 27 heavy (non-hydrogen) atoms. The van der Waals surface area contributed by atoms with E-state index in [2.05, 4.69) is 25.4 Å². The summed E-state index contributed by atoms with van der Waals surface area (Å²) in [6.07, 6.45) is 6.56. The zero-order valence-electron chi connectivity index (χ0n) is 14.6. The molecule has 1 aliphatic heterocycles. The van der Waals surface area contributed by atoms with Crippen LogP contribution >= 0.6 is 0 Å². The molecule has 0 spiro atoms. The summed E-state index contributed by atoms with van der Waals surface area (Å²) in [5.74, 6) is 0.216. The molecule has 1 fully saturated rings. The Hall–Kier alpha value is -3.23. The molecule has 4 rings (SSSR count). The number of piperidine rings is 1. The number of likely N-dealkylation sites (tertiary alicyclic amines) is 1. The topological polar surface area (TPSA) is 89.7 Å². The van der Waals surface area contributed by atoms with Gasteiger partial charge in [0, 0.05) is 37.2 Å². The molecule has 0 bridgehead atoms. The van der Waals surface area contributed by atoms with E-state index in [-0.39, 0.29) is 24.2 Å². The molecule has 8 nitrogen and oxygen atoms in total. The predicted octanol–water partition coefficient (Wildman–Crippen LogP) is 1.68. The summed E-state index contributed by atoms with van der Waals surface area (Å²) in [5.41, 5.74) is 1.39. The lowest BCUT2D eigenvalue weighted by atomic mass is 10.1. The Balaban J connectivity index is 1.35. The average Bonchev–Trinajstić information content (AvgIpc) is 3.20. The van der Waals surface area contributed by atoms with Crippen LogP contribution < -0.4 is 0 Å². The van der Waals surface area contributed by atoms with Crippen LogP contribution in [0.4, 0.5) is 4.39 Å². The van der Waals surface area contributed by atoms with Crippen LogP contribution in [0.25, 0.3) is 11.4 Å². The number of rotatable bonds is 4. The third-order valence-corrected chi connectivity index (χ3v) is 4.62. The number of hydrogen-bond donors (Lipinski definition) is 0. The number of amides is 1. The highest BCUT2D eigenvalue weighted by Gasteiger charge is 2.25. The minimum absolute atomic E-state index is 0.0486. The number of tetrazole rings is 1. The second kappa shape index (κ2) is 7.56. The summed E-state index contributed by atoms with van der Waals surface area (Å²) in [4.78, 5) is 24.0. The number of halogens is 1. The predicted molar refractivity (Wildman–Crippen MR) is 93.8 cm³/mol. The van der Waals surface area contributed by atoms with Crippen LogP contribution in [0.15, 0.2) is 42.9 Å². The average molecular weight is 367 g/mol. The molecule has 3 heterocycles. The summed E-state index contributed by atoms with van der Waals surface area (Å²) in [5, 5.41) is 12.6. The smallest absolute Gasteiger partial charge is 0.228 e. The molecule has 0 atom stereocenters. The van der Waals surface area contributed by atoms with Crippen LogP contribution in [0.1, 0.15) is 24.6 Å². The van der Waals surface area contributed by atoms with Crippen molar-refractivity contribution < 1.29 is 9.18 Å². The maximum absolute atomic E-state index is 13.0. The van der Waals surface area contributed by atoms with E-state index in [0.717, 1.165) is 18.4 Å². The Bertz CT molecular complexity index is 905. The molecule has 3 aromatic rings. The molecule has 1 aliphatic rings. The van der Waals surface area contributed by atoms with Gasteiger partial charge in [0.15, 0.2) is 0 Å². The summed E-state index contributed by atoms with van der Waals surface area (Å²) >= 11 is 0. The second-order valence-corrected chi connectivity index (χ2v) is 6.43. The quantitative estimate of drug-likeness (QED) is 0.697. The Morgan fingerprint density at radius 2 is 1.93 bits per heavy atom. The maximum atomic E-state index is 13.0. The molecule has 138 valence electrons. The van der Waals surface area contributed by atoms with Crippen LogP contribution in [0.3, 0.4) is 0 Å². The lowest BCUT2D eigenvalue weighted by Gasteiger charge is -2.31. The Kier molecular flexibility index (Phi) is 4.82. The van der Waals surface area contributed by atoms with Gasteiger partial charge in [0.05, 0.1) is 18.2 Å². The Morgan fingerprint density at radius 1 is 1.15 bits per heavy atom. The first kappa shape index (κ1) is 17.2. The number of carbonyl (C=O) groups is 1. The van der Waals surface area contributed by atoms with E-state index in [9.17, 15) is 9.18 Å². The van der Waals surface area contributed by atoms with E-state index in [1.807, 2.05) is 4.90 Å². The van der Waals surface area contributed by atoms with Gasteiger partial charge in [0.1, 0.15) is 5.82 Å². The first-order chi connectivity index (χ1) is 13.2. The fourth-order valence-corrected chi connectivity index (χ4v) is 3.13. The molecule has 0 unspecified atom stereocenters. The summed E-state index contributed by atoms with van der Waals surface area (Å²) in [7, 11) is 0. The van der Waals surface area contributed by atoms with Gasteiger partial charge in [-0.15, -0.1) is 10.2 Å². The highest BCUT2D eigenvalue weighted by Crippen LogP contribution is 2.22. The maximum Gasteiger partial charge on any atom is 0.228 e. The van der Waals surface area contributed by atoms with Crippen molar-refractivity contribution in [2.45, 2.75) is 25.3 Å². The van der Waals surface area contributed by atoms with Crippen LogP contribution in [0.5, 0.6) is 0 Å². The SMILES string of the molecule is O=C(Cc1cnccn1)N1CCC(n2nnc(-c3ccc(F)cc3)n2)CC1. The summed E-state index contributed by atoms with van der Waals surface area (Å²) in [6.45, 7) is 1.27. The van der Waals surface area contributed by atoms with Crippen molar-refractivity contribution in [1.29, 1.82) is 0 Å². The summed E-state index contributed by atoms with van der Waals surface area (Å²) in [6, 6.07) is 6.09. The van der Waals surface area contributed by atoms with Gasteiger partial charge in [-0.1, -0.05) is 0 Å². The molecule has 1 amide bonds. The molecule has 1 aromatic carbocycles. The van der Waals surface area contributed by atoms with Crippen LogP contribution in [-0.2, 0) is 11.2 Å². The molecule has 0 saturated carbocycles. The Labute approximate surface area is 155 Å². The van der Waals surface area contributed by atoms with Gasteiger partial charge in [-0.2, -0.15) is 4.80 Å². The van der Waals surface area contributed by atoms with E-state index < -0.39 is 0 Å². The minimum atomic E-state index is -0.301. The highest BCUT2D eigenvalue weighted by atomic mass is 19.1. The van der Waals surface area contributed by atoms with Gasteiger partial charge in [-0.3, -0.25) is 14.8 Å². The molecular formula is C18H18FN7O. The highest BCUT2D eigenvalue weighted by molar-refractivity contribution is 5.78. The molecular weight excluding hydrogens is 349 g/mol. The van der Waals surface area contributed by atoms with E-state index >= 15 is 0 Å². The van der Waals surface area contributed by atoms with Crippen molar-refractivity contribution in [3.05, 3.63) is 54.4 Å². The number of hydrogen-bond acceptors (Lipinski definition) is 6. The lowest BCUT2D eigenvalue weighted by Crippen LogP contribution is -2.40. The van der Waals surface area contributed by atoms with Crippen molar-refractivity contribution >= 4 is 5.91 Å². The van der Waals surface area contributed by atoms with Crippen molar-refractivity contribution in [3.63, 3.8) is 0 Å². The largest absolute Gasteiger partial charge is 0.342 e. The third-order valence-electron chi connectivity index (χ3n) is 4.62. The first-order valence-corrected chi connectivity index (χ1v) is 8.77. The van der Waals surface area contributed by atoms with Gasteiger partial charge in [-0.05, 0) is 42.3 Å². The molecule has 2 aromatic heterocycles. The zero-order chi connectivity index (χ0) is 18.6. The molecule has 0 aliphatic carbocycles. The third kappa shape index (κ3) is 3.97. The van der Waals surface area contributed by atoms with E-state index in [0.29, 0.717) is 24.6 Å². The van der Waals surface area contributed by atoms with Crippen molar-refractivity contribution in [2.75, 3.05) is 13.1 Å². The normalized spacial score (nSPS) is 15.1. The van der Waals surface area contributed by atoms with Gasteiger partial charge in [0.25, 0.3) is 0 Å². The van der Waals surface area contributed by atoms with Gasteiger partial charge in [-0.25, -0.2) is 4.39 Å². The minimum Gasteiger partial charge on any atom is -0.342 e. The number of benzene rings is 1. The Morgan fingerprint density at radius 3 is 2.63 bits per heavy atom. The second-order valence-electron chi connectivity index (χ2n) is 6.43. The van der Waals surface area contributed by atoms with Gasteiger partial charge >= 0.3 is 0 Å². The van der Waals surface area contributed by atoms with Gasteiger partial charge in [0.2, 0.25) is 11.7 Å². The number of aromatic nitrogens is 6. The van der Waals surface area contributed by atoms with E-state index in [1.54, 1.807) is 35.5 Å². The summed E-state index contributed by atoms with van der Waals surface area (Å²) < 4.78 is 13.0. The molecule has 0 N–H and O–H groups in total. The molecule has 0 radical (unpaired) electrons. The lowest BCUT2D eigenvalue weighted by molar-refractivity contribution is -0.131. The monoisotopic (exact) mass is 367 g/mol. The van der Waals surface area contributed by atoms with E-state index in [1.165, 1.54) is 12.1 Å². The fourth-order valence-electron chi connectivity index (χ4n) is 3.13. The van der Waals surface area contributed by atoms with Gasteiger partial charge < -0.3 is 4.90 Å². The van der Waals surface area contributed by atoms with Crippen LogP contribution in [0.2, 0.25) is 0 Å². The zero-order valence-corrected chi connectivity index (χ0v) is 14.6. The standard InChI is InChI=1S/C18H18FN7O/c19-14-3-1-13(2-4-14)18-22-24-26(23-18)16-5-9-25(10-6-16)17(27)11-15-12-20-7-8-21-15/h1-4,7-8,12,16H,5-6,9-11H2. The van der Waals surface area contributed by atoms with Crippen LogP contribution in [-0.4, -0.2) is 54.1 Å². The van der Waals surface area contributed by atoms with Crippen molar-refractivity contribution in [1.82, 2.24) is 35.1 Å². The first-order valence-electron chi connectivity index (χ1n) is 8.77.